The molecule has 0 saturated heterocycles. The van der Waals surface area contributed by atoms with Crippen molar-refractivity contribution in [3.05, 3.63) is 70.8 Å². The maximum atomic E-state index is 12.1. The number of amidine groups is 1. The molecule has 1 aliphatic heterocycles. The van der Waals surface area contributed by atoms with Gasteiger partial charge in [0.1, 0.15) is 11.4 Å². The zero-order chi connectivity index (χ0) is 21.1. The van der Waals surface area contributed by atoms with Gasteiger partial charge in [-0.1, -0.05) is 25.1 Å². The van der Waals surface area contributed by atoms with E-state index in [-0.39, 0.29) is 11.1 Å². The van der Waals surface area contributed by atoms with Gasteiger partial charge in [0, 0.05) is 17.3 Å². The quantitative estimate of drug-likeness (QED) is 0.593. The first kappa shape index (κ1) is 20.0. The minimum absolute atomic E-state index is 0.261. The molecule has 2 N–H and O–H groups in total. The summed E-state index contributed by atoms with van der Waals surface area (Å²) in [6.45, 7) is 4.79. The molecule has 0 unspecified atom stereocenters. The zero-order valence-corrected chi connectivity index (χ0v) is 17.6. The number of hydrogen-bond acceptors (Lipinski definition) is 5. The number of para-hydroxylation sites is 1. The molecule has 2 aromatic carbocycles. The molecule has 1 aromatic heterocycles. The third-order valence-electron chi connectivity index (χ3n) is 4.61. The molecule has 1 amide bonds. The monoisotopic (exact) mass is 418 g/mol. The maximum Gasteiger partial charge on any atom is 0.286 e. The summed E-state index contributed by atoms with van der Waals surface area (Å²) >= 11 is 1.18. The fourth-order valence-electron chi connectivity index (χ4n) is 3.19. The smallest absolute Gasteiger partial charge is 0.286 e. The molecule has 0 atom stereocenters. The molecule has 6 nitrogen and oxygen atoms in total. The van der Waals surface area contributed by atoms with Crippen LogP contribution in [-0.2, 0) is 4.79 Å². The molecule has 0 spiro atoms. The number of nitrogens with two attached hydrogens (primary N) is 1. The van der Waals surface area contributed by atoms with E-state index in [9.17, 15) is 4.79 Å². The van der Waals surface area contributed by atoms with Crippen LogP contribution in [0.2, 0.25) is 0 Å². The van der Waals surface area contributed by atoms with Gasteiger partial charge in [0.2, 0.25) is 0 Å². The summed E-state index contributed by atoms with van der Waals surface area (Å²) in [7, 11) is 0. The Hall–Kier alpha value is -3.32. The number of aromatic nitrogens is 2. The van der Waals surface area contributed by atoms with Crippen molar-refractivity contribution in [1.82, 2.24) is 9.78 Å². The van der Waals surface area contributed by atoms with Gasteiger partial charge in [0.25, 0.3) is 5.91 Å². The van der Waals surface area contributed by atoms with Gasteiger partial charge in [-0.05, 0) is 67.1 Å². The predicted octanol–water partition coefficient (Wildman–Crippen LogP) is 4.57. The Bertz CT molecular complexity index is 1150. The number of nitrogens with zero attached hydrogens (tertiary/aromatic N) is 3. The summed E-state index contributed by atoms with van der Waals surface area (Å²) in [5, 5.41) is 5.09. The first-order valence-electron chi connectivity index (χ1n) is 9.72. The third kappa shape index (κ3) is 4.16. The van der Waals surface area contributed by atoms with Gasteiger partial charge in [-0.15, -0.1) is 0 Å². The molecule has 152 valence electrons. The van der Waals surface area contributed by atoms with Gasteiger partial charge in [0.05, 0.1) is 17.2 Å². The number of ether oxygens (including phenoxy) is 1. The van der Waals surface area contributed by atoms with Crippen LogP contribution in [0.5, 0.6) is 5.75 Å². The average molecular weight is 419 g/mol. The maximum absolute atomic E-state index is 12.1. The molecule has 0 fully saturated rings. The first-order chi connectivity index (χ1) is 14.5. The number of aliphatic imine (C=N–C) groups is 1. The van der Waals surface area contributed by atoms with E-state index in [0.717, 1.165) is 40.2 Å². The molecule has 4 rings (SSSR count). The van der Waals surface area contributed by atoms with E-state index >= 15 is 0 Å². The predicted molar refractivity (Wildman–Crippen MR) is 122 cm³/mol. The highest BCUT2D eigenvalue weighted by atomic mass is 32.2. The standard InChI is InChI=1S/C23H22N4O2S/c1-3-11-29-18-9-10-19(15(2)12-18)21-16(13-20-22(28)25-23(24)30-20)14-27(26-21)17-7-5-4-6-8-17/h4-10,12-14H,3,11H2,1-2H3,(H2,24,25,28). The van der Waals surface area contributed by atoms with Crippen LogP contribution in [0.15, 0.2) is 64.6 Å². The number of benzene rings is 2. The van der Waals surface area contributed by atoms with Crippen molar-refractivity contribution in [2.24, 2.45) is 10.7 Å². The second-order valence-electron chi connectivity index (χ2n) is 6.90. The van der Waals surface area contributed by atoms with Crippen LogP contribution in [0.1, 0.15) is 24.5 Å². The summed E-state index contributed by atoms with van der Waals surface area (Å²) in [5.74, 6) is 0.513. The van der Waals surface area contributed by atoms with E-state index in [2.05, 4.69) is 11.9 Å². The van der Waals surface area contributed by atoms with E-state index in [0.29, 0.717) is 11.5 Å². The van der Waals surface area contributed by atoms with E-state index in [1.165, 1.54) is 11.8 Å². The highest BCUT2D eigenvalue weighted by Crippen LogP contribution is 2.33. The molecule has 2 heterocycles. The Morgan fingerprint density at radius 2 is 2.00 bits per heavy atom. The molecule has 7 heteroatoms. The van der Waals surface area contributed by atoms with Crippen LogP contribution < -0.4 is 10.5 Å². The first-order valence-corrected chi connectivity index (χ1v) is 10.5. The fourth-order valence-corrected chi connectivity index (χ4v) is 3.87. The Balaban J connectivity index is 1.79. The van der Waals surface area contributed by atoms with Crippen molar-refractivity contribution in [3.63, 3.8) is 0 Å². The molecule has 1 aliphatic rings. The molecular formula is C23H22N4O2S. The van der Waals surface area contributed by atoms with Crippen LogP contribution >= 0.6 is 11.8 Å². The molecule has 0 bridgehead atoms. The van der Waals surface area contributed by atoms with Gasteiger partial charge >= 0.3 is 0 Å². The van der Waals surface area contributed by atoms with Gasteiger partial charge in [-0.2, -0.15) is 10.1 Å². The number of aryl methyl sites for hydroxylation is 1. The van der Waals surface area contributed by atoms with Gasteiger partial charge < -0.3 is 10.5 Å². The molecule has 3 aromatic rings. The third-order valence-corrected chi connectivity index (χ3v) is 5.43. The molecule has 30 heavy (non-hydrogen) atoms. The molecule has 0 saturated carbocycles. The van der Waals surface area contributed by atoms with E-state index in [1.54, 1.807) is 6.08 Å². The lowest BCUT2D eigenvalue weighted by molar-refractivity contribution is -0.113. The second-order valence-corrected chi connectivity index (χ2v) is 7.97. The average Bonchev–Trinajstić information content (AvgIpc) is 3.30. The number of thioether (sulfide) groups is 1. The van der Waals surface area contributed by atoms with E-state index < -0.39 is 0 Å². The minimum Gasteiger partial charge on any atom is -0.494 e. The van der Waals surface area contributed by atoms with Crippen LogP contribution in [0.3, 0.4) is 0 Å². The SMILES string of the molecule is CCCOc1ccc(-c2nn(-c3ccccc3)cc2C=C2SC(N)=NC2=O)c(C)c1. The fraction of sp³-hybridized carbons (Fsp3) is 0.174. The topological polar surface area (TPSA) is 82.5 Å². The van der Waals surface area contributed by atoms with Crippen LogP contribution in [0, 0.1) is 6.92 Å². The Morgan fingerprint density at radius 1 is 1.20 bits per heavy atom. The van der Waals surface area contributed by atoms with E-state index in [1.807, 2.05) is 66.3 Å². The number of amides is 1. The largest absolute Gasteiger partial charge is 0.494 e. The summed E-state index contributed by atoms with van der Waals surface area (Å²) in [6, 6.07) is 15.8. The van der Waals surface area contributed by atoms with Crippen LogP contribution in [0.25, 0.3) is 23.0 Å². The van der Waals surface area contributed by atoms with Crippen molar-refractivity contribution in [1.29, 1.82) is 0 Å². The molecular weight excluding hydrogens is 396 g/mol. The lowest BCUT2D eigenvalue weighted by atomic mass is 10.0. The van der Waals surface area contributed by atoms with Crippen molar-refractivity contribution >= 4 is 28.9 Å². The number of hydrogen-bond donors (Lipinski definition) is 1. The van der Waals surface area contributed by atoms with Crippen molar-refractivity contribution in [2.75, 3.05) is 6.61 Å². The molecule has 0 radical (unpaired) electrons. The Kier molecular flexibility index (Phi) is 5.72. The number of carbonyl (C=O) groups is 1. The van der Waals surface area contributed by atoms with Crippen molar-refractivity contribution < 1.29 is 9.53 Å². The minimum atomic E-state index is -0.323. The van der Waals surface area contributed by atoms with E-state index in [4.69, 9.17) is 15.6 Å². The summed E-state index contributed by atoms with van der Waals surface area (Å²) in [4.78, 5) is 16.4. The Morgan fingerprint density at radius 3 is 2.67 bits per heavy atom. The van der Waals surface area contributed by atoms with Crippen LogP contribution in [0.4, 0.5) is 0 Å². The van der Waals surface area contributed by atoms with Crippen molar-refractivity contribution in [3.8, 4) is 22.7 Å². The summed E-state index contributed by atoms with van der Waals surface area (Å²) in [6.07, 6.45) is 4.68. The lowest BCUT2D eigenvalue weighted by Crippen LogP contribution is -2.01. The van der Waals surface area contributed by atoms with Gasteiger partial charge in [-0.25, -0.2) is 4.68 Å². The summed E-state index contributed by atoms with van der Waals surface area (Å²) < 4.78 is 7.57. The highest BCUT2D eigenvalue weighted by Gasteiger charge is 2.22. The van der Waals surface area contributed by atoms with Gasteiger partial charge in [0.15, 0.2) is 5.17 Å². The normalized spacial score (nSPS) is 14.9. The molecule has 0 aliphatic carbocycles. The lowest BCUT2D eigenvalue weighted by Gasteiger charge is -2.09. The zero-order valence-electron chi connectivity index (χ0n) is 16.8. The Labute approximate surface area is 179 Å². The van der Waals surface area contributed by atoms with Crippen molar-refractivity contribution in [2.45, 2.75) is 20.3 Å². The summed E-state index contributed by atoms with van der Waals surface area (Å²) in [5.41, 5.74) is 10.3. The second kappa shape index (κ2) is 8.59. The van der Waals surface area contributed by atoms with Gasteiger partial charge in [-0.3, -0.25) is 4.79 Å². The number of carbonyl (C=O) groups excluding carboxylic acids is 1. The number of rotatable bonds is 6. The van der Waals surface area contributed by atoms with Crippen LogP contribution in [-0.4, -0.2) is 27.5 Å². The highest BCUT2D eigenvalue weighted by molar-refractivity contribution is 8.18.